The molecule has 15 aromatic rings. The monoisotopic (exact) mass is 1820 g/mol. The van der Waals surface area contributed by atoms with Gasteiger partial charge in [-0.15, -0.1) is 25.5 Å². The van der Waals surface area contributed by atoms with E-state index in [0.717, 1.165) is 25.5 Å². The summed E-state index contributed by atoms with van der Waals surface area (Å²) in [7, 11) is 0. The summed E-state index contributed by atoms with van der Waals surface area (Å²) in [6, 6.07) is 18.0. The van der Waals surface area contributed by atoms with Crippen molar-refractivity contribution in [2.45, 2.75) is 96.4 Å². The molecular formula is C85H78F3N35O11. The van der Waals surface area contributed by atoms with Crippen molar-refractivity contribution < 1.29 is 65.9 Å². The highest BCUT2D eigenvalue weighted by Crippen LogP contribution is 2.36. The lowest BCUT2D eigenvalue weighted by Crippen LogP contribution is -2.25. The number of rotatable bonds is 27. The molecule has 2 saturated carbocycles. The Hall–Kier alpha value is -18.6. The molecule has 46 nitrogen and oxygen atoms in total. The molecule has 0 aromatic carbocycles. The number of nitrogens with one attached hydrogen (secondary N) is 5. The van der Waals surface area contributed by atoms with Gasteiger partial charge in [-0.2, -0.15) is 39.5 Å². The van der Waals surface area contributed by atoms with E-state index in [9.17, 15) is 37.1 Å². The fraction of sp³-hybridized carbons (Fsp3) is 0.235. The van der Waals surface area contributed by atoms with E-state index in [0.29, 0.717) is 103 Å². The van der Waals surface area contributed by atoms with Crippen molar-refractivity contribution in [3.8, 4) is 59.1 Å². The molecule has 17 rings (SSSR count). The predicted octanol–water partition coefficient (Wildman–Crippen LogP) is 7.94. The van der Waals surface area contributed by atoms with Crippen molar-refractivity contribution in [2.75, 3.05) is 81.7 Å². The van der Waals surface area contributed by atoms with Crippen LogP contribution < -0.4 is 78.9 Å². The van der Waals surface area contributed by atoms with E-state index < -0.39 is 42.3 Å². The molecule has 0 aliphatic heterocycles. The molecule has 134 heavy (non-hydrogen) atoms. The average molecular weight is 1820 g/mol. The van der Waals surface area contributed by atoms with Gasteiger partial charge < -0.3 is 84.0 Å². The molecule has 0 radical (unpaired) electrons. The maximum Gasteiger partial charge on any atom is 0.422 e. The van der Waals surface area contributed by atoms with E-state index in [1.807, 2.05) is 44.2 Å². The fourth-order valence-corrected chi connectivity index (χ4v) is 12.6. The van der Waals surface area contributed by atoms with Gasteiger partial charge in [-0.3, -0.25) is 48.9 Å². The van der Waals surface area contributed by atoms with Gasteiger partial charge in [-0.25, -0.2) is 47.5 Å². The van der Waals surface area contributed by atoms with Gasteiger partial charge >= 0.3 is 6.18 Å². The first-order valence-electron chi connectivity index (χ1n) is 40.4. The quantitative estimate of drug-likeness (QED) is 0.0232. The van der Waals surface area contributed by atoms with Gasteiger partial charge in [0, 0.05) is 151 Å². The topological polar surface area (TPSA) is 676 Å². The molecule has 49 heteroatoms. The summed E-state index contributed by atoms with van der Waals surface area (Å²) in [6.45, 7) is 2.79. The summed E-state index contributed by atoms with van der Waals surface area (Å²) >= 11 is 0. The van der Waals surface area contributed by atoms with Crippen LogP contribution in [0.25, 0.3) is 28.2 Å². The van der Waals surface area contributed by atoms with Gasteiger partial charge in [-0.1, -0.05) is 0 Å². The second-order valence-electron chi connectivity index (χ2n) is 29.3. The number of aliphatic hydroxyl groups is 1. The Bertz CT molecular complexity index is 7120. The number of anilines is 10. The van der Waals surface area contributed by atoms with E-state index in [4.69, 9.17) is 83.8 Å². The summed E-state index contributed by atoms with van der Waals surface area (Å²) in [5.41, 5.74) is 36.1. The molecule has 0 saturated heterocycles. The number of nitriles is 5. The Kier molecular flexibility index (Phi) is 29.7. The summed E-state index contributed by atoms with van der Waals surface area (Å²) in [6.07, 6.45) is 32.1. The van der Waals surface area contributed by atoms with Crippen molar-refractivity contribution in [1.29, 1.82) is 26.3 Å². The van der Waals surface area contributed by atoms with Crippen LogP contribution in [0.5, 0.6) is 28.7 Å². The van der Waals surface area contributed by atoms with Crippen LogP contribution in [0.2, 0.25) is 0 Å². The number of nitrogens with zero attached hydrogens (tertiary/aromatic N) is 25. The minimum atomic E-state index is -4.54. The number of ether oxygens (including phenoxy) is 5. The Morgan fingerprint density at radius 2 is 0.694 bits per heavy atom. The fourth-order valence-electron chi connectivity index (χ4n) is 12.6. The number of carbonyl (C=O) groups is 5. The lowest BCUT2D eigenvalue weighted by Gasteiger charge is -2.27. The van der Waals surface area contributed by atoms with Crippen molar-refractivity contribution in [3.63, 3.8) is 0 Å². The number of halogens is 3. The zero-order valence-corrected chi connectivity index (χ0v) is 70.8. The summed E-state index contributed by atoms with van der Waals surface area (Å²) in [5, 5.41) is 86.5. The van der Waals surface area contributed by atoms with Gasteiger partial charge in [0.1, 0.15) is 91.6 Å². The molecule has 5 amide bonds. The molecule has 2 fully saturated rings. The first-order chi connectivity index (χ1) is 64.7. The highest BCUT2D eigenvalue weighted by atomic mass is 19.4. The van der Waals surface area contributed by atoms with Gasteiger partial charge in [-0.05, 0) is 51.9 Å². The summed E-state index contributed by atoms with van der Waals surface area (Å²) in [4.78, 5) is 104. The molecule has 2 aliphatic carbocycles. The Morgan fingerprint density at radius 3 is 0.963 bits per heavy atom. The molecule has 16 N–H and O–H groups in total. The minimum absolute atomic E-state index is 0.00539. The standard InChI is InChI=1S/2C18H17N7O2.C17H17N7O2.C16H12F3N7O2.C16H15N7O3/c19-5-3-12-7-22-17-15(16(20)24-25(17)9-12)18(26)23-13-8-21-6-4-14(13)27-10-11-1-2-11;19-6-4-11-8-22-17-15(16(20)24-25(17)10-11)18(26)23-13-9-21-7-5-14(13)27-12-2-1-3-12;1-10(2)26-13-4-6-20-8-12(13)22-17(25)14-15(19)23-24-9-11(3-5-18)7-21-16(14)24;17-16(18,19)8-28-11-2-4-22-6-10(11)24-15(27)12-13(21)25-26-7-9(1-3-20)5-23-14(12)26;17-3-1-10-7-20-15-13(14(18)22-23(15)9-10)16(25)21-11-8-19-4-2-12(11)26-6-5-24/h4,6-9,11H,1-3,10H2,(H2,20,24)(H,23,26);5,7-10,12H,1-4H2,(H2,20,24)(H,23,26);4,6-10H,3H2,1-2H3,(H2,19,23)(H,22,25);2,4-7H,1,8H2,(H2,21,25)(H,24,27);2,4,7-9,24H,1,5-6H2,(H2,18,22)(H,21,25). The van der Waals surface area contributed by atoms with Crippen LogP contribution in [0.3, 0.4) is 0 Å². The normalized spacial score (nSPS) is 11.9. The van der Waals surface area contributed by atoms with E-state index >= 15 is 0 Å². The Labute approximate surface area is 755 Å². The van der Waals surface area contributed by atoms with Crippen molar-refractivity contribution in [3.05, 3.63) is 210 Å². The molecule has 0 unspecified atom stereocenters. The van der Waals surface area contributed by atoms with Crippen LogP contribution in [-0.4, -0.2) is 177 Å². The highest BCUT2D eigenvalue weighted by Gasteiger charge is 2.32. The maximum atomic E-state index is 12.8. The van der Waals surface area contributed by atoms with Crippen molar-refractivity contribution >= 4 is 115 Å². The zero-order valence-electron chi connectivity index (χ0n) is 70.8. The number of pyridine rings is 5. The number of hydrogen-bond donors (Lipinski definition) is 11. The van der Waals surface area contributed by atoms with Gasteiger partial charge in [0.15, 0.2) is 63.9 Å². The van der Waals surface area contributed by atoms with E-state index in [2.05, 4.69) is 102 Å². The van der Waals surface area contributed by atoms with Gasteiger partial charge in [0.2, 0.25) is 0 Å². The van der Waals surface area contributed by atoms with E-state index in [1.54, 1.807) is 67.6 Å². The molecule has 680 valence electrons. The molecule has 0 spiro atoms. The number of fused-ring (bicyclic) bond motifs is 5. The minimum Gasteiger partial charge on any atom is -0.491 e. The highest BCUT2D eigenvalue weighted by molar-refractivity contribution is 6.15. The maximum absolute atomic E-state index is 12.8. The predicted molar refractivity (Wildman–Crippen MR) is 471 cm³/mol. The van der Waals surface area contributed by atoms with Crippen LogP contribution in [0.1, 0.15) is 126 Å². The summed E-state index contributed by atoms with van der Waals surface area (Å²) in [5.74, 6) is -0.261. The molecule has 0 bridgehead atoms. The SMILES string of the molecule is CC(C)Oc1ccncc1NC(=O)c1c(N)nn2cc(CC#N)cnc12.N#CCc1cnc2c(C(=O)Nc3cnccc3OC3CCC3)c(N)nn2c1.N#CCc1cnc2c(C(=O)Nc3cnccc3OCC(F)(F)F)c(N)nn2c1.N#CCc1cnc2c(C(=O)Nc3cnccc3OCC3CC3)c(N)nn2c1.N#CCc1cnc2c(C(=O)Nc3cnccc3OCCO)c(N)nn2c1. The lowest BCUT2D eigenvalue weighted by atomic mass is 9.96. The lowest BCUT2D eigenvalue weighted by molar-refractivity contribution is -0.153. The first-order valence-corrected chi connectivity index (χ1v) is 40.4. The number of carbonyl (C=O) groups excluding carboxylic acids is 5. The summed E-state index contributed by atoms with van der Waals surface area (Å²) < 4.78 is 71.4. The number of aliphatic hydroxyl groups excluding tert-OH is 1. The number of aromatic nitrogens is 20. The number of amides is 5. The second-order valence-corrected chi connectivity index (χ2v) is 29.3. The number of nitrogen functional groups attached to an aromatic ring is 5. The van der Waals surface area contributed by atoms with Crippen LogP contribution >= 0.6 is 0 Å². The molecule has 15 heterocycles. The molecule has 2 aliphatic rings. The number of nitrogens with two attached hydrogens (primary N) is 5. The van der Waals surface area contributed by atoms with Crippen molar-refractivity contribution in [1.82, 2.24) is 97.9 Å². The first kappa shape index (κ1) is 93.1. The van der Waals surface area contributed by atoms with Crippen LogP contribution in [0.4, 0.5) is 70.7 Å². The molecule has 15 aromatic heterocycles. The Balaban J connectivity index is 0.000000142. The smallest absolute Gasteiger partial charge is 0.422 e. The van der Waals surface area contributed by atoms with Crippen LogP contribution in [0.15, 0.2) is 154 Å². The van der Waals surface area contributed by atoms with E-state index in [1.165, 1.54) is 116 Å². The molecular weight excluding hydrogens is 1740 g/mol. The third-order valence-corrected chi connectivity index (χ3v) is 19.1. The molecule has 0 atom stereocenters. The second kappa shape index (κ2) is 42.8. The van der Waals surface area contributed by atoms with Crippen LogP contribution in [-0.2, 0) is 32.1 Å². The van der Waals surface area contributed by atoms with E-state index in [-0.39, 0.29) is 137 Å². The third-order valence-electron chi connectivity index (χ3n) is 19.1. The van der Waals surface area contributed by atoms with Crippen LogP contribution in [0, 0.1) is 62.6 Å². The number of alkyl halides is 3. The zero-order chi connectivity index (χ0) is 95.1. The Morgan fingerprint density at radius 1 is 0.418 bits per heavy atom. The van der Waals surface area contributed by atoms with Gasteiger partial charge in [0.25, 0.3) is 29.5 Å². The van der Waals surface area contributed by atoms with Crippen molar-refractivity contribution in [2.24, 2.45) is 5.92 Å². The third kappa shape index (κ3) is 23.2. The van der Waals surface area contributed by atoms with Gasteiger partial charge in [0.05, 0.1) is 119 Å². The number of hydrogen-bond acceptors (Lipinski definition) is 36. The largest absolute Gasteiger partial charge is 0.491 e. The average Bonchev–Trinajstić information content (AvgIpc) is 1.65.